The number of benzene rings is 1. The molecule has 0 saturated carbocycles. The van der Waals surface area contributed by atoms with Crippen molar-refractivity contribution in [2.45, 2.75) is 33.5 Å². The van der Waals surface area contributed by atoms with Crippen LogP contribution in [0.1, 0.15) is 28.2 Å². The van der Waals surface area contributed by atoms with Crippen LogP contribution in [-0.2, 0) is 19.8 Å². The van der Waals surface area contributed by atoms with Gasteiger partial charge in [-0.3, -0.25) is 9.36 Å². The minimum atomic E-state index is -4.37. The minimum absolute atomic E-state index is 0.222. The normalized spacial score (nSPS) is 11.6. The Morgan fingerprint density at radius 2 is 1.86 bits per heavy atom. The fraction of sp³-hybridized carbons (Fsp3) is 0.316. The molecule has 0 amide bonds. The molecule has 2 N–H and O–H groups in total. The Hall–Kier alpha value is -2.88. The largest absolute Gasteiger partial charge is 0.416 e. The van der Waals surface area contributed by atoms with Crippen LogP contribution in [0.25, 0.3) is 0 Å². The van der Waals surface area contributed by atoms with E-state index in [4.69, 9.17) is 12.2 Å². The minimum Gasteiger partial charge on any atom is -0.330 e. The maximum Gasteiger partial charge on any atom is 0.416 e. The van der Waals surface area contributed by atoms with Crippen LogP contribution in [0.3, 0.4) is 0 Å². The Morgan fingerprint density at radius 3 is 2.48 bits per heavy atom. The van der Waals surface area contributed by atoms with Crippen LogP contribution >= 0.6 is 12.2 Å². The first-order chi connectivity index (χ1) is 13.6. The summed E-state index contributed by atoms with van der Waals surface area (Å²) < 4.78 is 42.2. The van der Waals surface area contributed by atoms with E-state index in [2.05, 4.69) is 20.8 Å². The second-order valence-electron chi connectivity index (χ2n) is 6.75. The lowest BCUT2D eigenvalue weighted by Gasteiger charge is -2.12. The van der Waals surface area contributed by atoms with Gasteiger partial charge in [-0.2, -0.15) is 23.4 Å². The summed E-state index contributed by atoms with van der Waals surface area (Å²) in [5.74, 6) is 0. The van der Waals surface area contributed by atoms with Gasteiger partial charge in [-0.25, -0.2) is 0 Å². The van der Waals surface area contributed by atoms with Crippen molar-refractivity contribution in [2.24, 2.45) is 7.05 Å². The number of thiocarbonyl (C=S) groups is 1. The van der Waals surface area contributed by atoms with Gasteiger partial charge in [-0.1, -0.05) is 12.1 Å². The number of alkyl halides is 3. The van der Waals surface area contributed by atoms with Gasteiger partial charge in [-0.05, 0) is 50.7 Å². The molecule has 0 spiro atoms. The van der Waals surface area contributed by atoms with Crippen LogP contribution in [0.15, 0.2) is 30.5 Å². The predicted molar refractivity (Wildman–Crippen MR) is 110 cm³/mol. The highest BCUT2D eigenvalue weighted by molar-refractivity contribution is 7.80. The molecule has 0 bridgehead atoms. The fourth-order valence-electron chi connectivity index (χ4n) is 2.94. The van der Waals surface area contributed by atoms with Gasteiger partial charge in [0.25, 0.3) is 0 Å². The third-order valence-corrected chi connectivity index (χ3v) is 4.89. The van der Waals surface area contributed by atoms with Gasteiger partial charge in [0.15, 0.2) is 5.11 Å². The first-order valence-corrected chi connectivity index (χ1v) is 9.24. The smallest absolute Gasteiger partial charge is 0.330 e. The SMILES string of the molecule is Cc1nn(Cc2cccc(C(F)(F)F)c2)c(C)c1NC(=S)Nc1cnn(C)c1C. The van der Waals surface area contributed by atoms with E-state index in [9.17, 15) is 13.2 Å². The summed E-state index contributed by atoms with van der Waals surface area (Å²) in [6.07, 6.45) is -2.69. The molecule has 154 valence electrons. The van der Waals surface area contributed by atoms with Crippen molar-refractivity contribution in [1.29, 1.82) is 0 Å². The van der Waals surface area contributed by atoms with Gasteiger partial charge in [0.2, 0.25) is 0 Å². The van der Waals surface area contributed by atoms with Crippen molar-refractivity contribution in [1.82, 2.24) is 19.6 Å². The maximum atomic E-state index is 12.9. The molecule has 0 fully saturated rings. The molecule has 3 rings (SSSR count). The van der Waals surface area contributed by atoms with E-state index < -0.39 is 11.7 Å². The van der Waals surface area contributed by atoms with E-state index in [0.717, 1.165) is 34.9 Å². The summed E-state index contributed by atoms with van der Waals surface area (Å²) in [5.41, 5.74) is 3.75. The summed E-state index contributed by atoms with van der Waals surface area (Å²) in [4.78, 5) is 0. The maximum absolute atomic E-state index is 12.9. The third-order valence-electron chi connectivity index (χ3n) is 4.69. The molecule has 0 aliphatic heterocycles. The number of aryl methyl sites for hydroxylation is 2. The summed E-state index contributed by atoms with van der Waals surface area (Å²) in [6.45, 7) is 5.80. The van der Waals surface area contributed by atoms with E-state index in [1.807, 2.05) is 27.8 Å². The van der Waals surface area contributed by atoms with Crippen molar-refractivity contribution >= 4 is 28.7 Å². The second kappa shape index (κ2) is 7.86. The Morgan fingerprint density at radius 1 is 1.14 bits per heavy atom. The van der Waals surface area contributed by atoms with Crippen molar-refractivity contribution in [3.8, 4) is 0 Å². The zero-order chi connectivity index (χ0) is 21.3. The molecular weight excluding hydrogens is 401 g/mol. The molecule has 0 aliphatic carbocycles. The molecular formula is C19H21F3N6S. The quantitative estimate of drug-likeness (QED) is 0.610. The van der Waals surface area contributed by atoms with Crippen LogP contribution in [0.2, 0.25) is 0 Å². The Bertz CT molecular complexity index is 1050. The van der Waals surface area contributed by atoms with Crippen molar-refractivity contribution in [2.75, 3.05) is 10.6 Å². The average molecular weight is 422 g/mol. The van der Waals surface area contributed by atoms with Crippen LogP contribution in [0.4, 0.5) is 24.5 Å². The van der Waals surface area contributed by atoms with Gasteiger partial charge in [0.1, 0.15) is 0 Å². The molecule has 0 atom stereocenters. The van der Waals surface area contributed by atoms with Crippen LogP contribution in [0, 0.1) is 20.8 Å². The fourth-order valence-corrected chi connectivity index (χ4v) is 3.15. The van der Waals surface area contributed by atoms with Crippen LogP contribution in [-0.4, -0.2) is 24.7 Å². The number of anilines is 2. The molecule has 2 heterocycles. The van der Waals surface area contributed by atoms with E-state index in [1.165, 1.54) is 6.07 Å². The zero-order valence-corrected chi connectivity index (χ0v) is 17.2. The van der Waals surface area contributed by atoms with E-state index >= 15 is 0 Å². The third kappa shape index (κ3) is 4.58. The Kier molecular flexibility index (Phi) is 5.65. The second-order valence-corrected chi connectivity index (χ2v) is 7.16. The van der Waals surface area contributed by atoms with Crippen molar-refractivity contribution in [3.05, 3.63) is 58.7 Å². The number of halogens is 3. The highest BCUT2D eigenvalue weighted by Gasteiger charge is 2.30. The highest BCUT2D eigenvalue weighted by atomic mass is 32.1. The molecule has 10 heteroatoms. The molecule has 6 nitrogen and oxygen atoms in total. The number of nitrogens with zero attached hydrogens (tertiary/aromatic N) is 4. The summed E-state index contributed by atoms with van der Waals surface area (Å²) in [6, 6.07) is 5.25. The first kappa shape index (κ1) is 20.8. The molecule has 29 heavy (non-hydrogen) atoms. The van der Waals surface area contributed by atoms with E-state index in [0.29, 0.717) is 16.4 Å². The van der Waals surface area contributed by atoms with Crippen molar-refractivity contribution < 1.29 is 13.2 Å². The summed E-state index contributed by atoms with van der Waals surface area (Å²) in [5, 5.41) is 15.2. The summed E-state index contributed by atoms with van der Waals surface area (Å²) >= 11 is 5.38. The molecule has 0 radical (unpaired) electrons. The zero-order valence-electron chi connectivity index (χ0n) is 16.4. The number of hydrogen-bond acceptors (Lipinski definition) is 3. The van der Waals surface area contributed by atoms with Gasteiger partial charge in [0, 0.05) is 7.05 Å². The average Bonchev–Trinajstić information content (AvgIpc) is 3.09. The van der Waals surface area contributed by atoms with Crippen molar-refractivity contribution in [3.63, 3.8) is 0 Å². The monoisotopic (exact) mass is 422 g/mol. The van der Waals surface area contributed by atoms with Gasteiger partial charge >= 0.3 is 6.18 Å². The molecule has 1 aromatic carbocycles. The standard InChI is InChI=1S/C19H21F3N6S/c1-11-17(25-18(29)24-16-9-23-27(4)12(16)2)13(3)28(26-11)10-14-6-5-7-15(8-14)19(20,21)22/h5-9H,10H2,1-4H3,(H2,24,25,29). The number of rotatable bonds is 4. The number of hydrogen-bond donors (Lipinski definition) is 2. The summed E-state index contributed by atoms with van der Waals surface area (Å²) in [7, 11) is 1.84. The number of aromatic nitrogens is 4. The Balaban J connectivity index is 1.76. The van der Waals surface area contributed by atoms with Gasteiger partial charge in [-0.15, -0.1) is 0 Å². The van der Waals surface area contributed by atoms with E-state index in [1.54, 1.807) is 21.6 Å². The lowest BCUT2D eigenvalue weighted by atomic mass is 10.1. The highest BCUT2D eigenvalue weighted by Crippen LogP contribution is 2.30. The van der Waals surface area contributed by atoms with Gasteiger partial charge in [0.05, 0.1) is 46.8 Å². The van der Waals surface area contributed by atoms with Crippen LogP contribution in [0.5, 0.6) is 0 Å². The molecule has 3 aromatic rings. The first-order valence-electron chi connectivity index (χ1n) is 8.83. The van der Waals surface area contributed by atoms with Gasteiger partial charge < -0.3 is 10.6 Å². The molecule has 0 saturated heterocycles. The van der Waals surface area contributed by atoms with E-state index in [-0.39, 0.29) is 6.54 Å². The predicted octanol–water partition coefficient (Wildman–Crippen LogP) is 4.42. The molecule has 0 aliphatic rings. The topological polar surface area (TPSA) is 59.7 Å². The lowest BCUT2D eigenvalue weighted by Crippen LogP contribution is -2.20. The number of nitrogens with one attached hydrogen (secondary N) is 2. The molecule has 2 aromatic heterocycles. The lowest BCUT2D eigenvalue weighted by molar-refractivity contribution is -0.137. The van der Waals surface area contributed by atoms with Crippen LogP contribution < -0.4 is 10.6 Å². The Labute approximate surface area is 171 Å². The molecule has 0 unspecified atom stereocenters.